The van der Waals surface area contributed by atoms with Crippen molar-refractivity contribution in [3.8, 4) is 0 Å². The zero-order chi connectivity index (χ0) is 14.8. The van der Waals surface area contributed by atoms with Crippen LogP contribution in [0.3, 0.4) is 0 Å². The number of rotatable bonds is 5. The lowest BCUT2D eigenvalue weighted by atomic mass is 9.99. The van der Waals surface area contributed by atoms with Crippen LogP contribution < -0.4 is 5.32 Å². The largest absolute Gasteiger partial charge is 0.384 e. The van der Waals surface area contributed by atoms with E-state index in [1.165, 1.54) is 23.5 Å². The normalized spacial score (nSPS) is 13.8. The van der Waals surface area contributed by atoms with Crippen molar-refractivity contribution in [1.82, 2.24) is 0 Å². The summed E-state index contributed by atoms with van der Waals surface area (Å²) in [6.45, 7) is 1.63. The van der Waals surface area contributed by atoms with Crippen molar-refractivity contribution >= 4 is 22.7 Å². The zero-order valence-electron chi connectivity index (χ0n) is 10.7. The van der Waals surface area contributed by atoms with Crippen LogP contribution in [0, 0.1) is 15.9 Å². The maximum absolute atomic E-state index is 13.5. The van der Waals surface area contributed by atoms with E-state index in [-0.39, 0.29) is 12.2 Å². The van der Waals surface area contributed by atoms with Crippen molar-refractivity contribution in [2.24, 2.45) is 0 Å². The van der Waals surface area contributed by atoms with E-state index in [2.05, 4.69) is 5.32 Å². The van der Waals surface area contributed by atoms with Crippen molar-refractivity contribution in [2.45, 2.75) is 12.5 Å². The second-order valence-corrected chi connectivity index (χ2v) is 5.31. The number of nitrogens with one attached hydrogen (secondary N) is 1. The zero-order valence-corrected chi connectivity index (χ0v) is 11.5. The van der Waals surface area contributed by atoms with Gasteiger partial charge in [0.2, 0.25) is 5.82 Å². The number of para-hydroxylation sites is 1. The van der Waals surface area contributed by atoms with Crippen LogP contribution in [0.25, 0.3) is 0 Å². The summed E-state index contributed by atoms with van der Waals surface area (Å²) in [5.74, 6) is -0.907. The van der Waals surface area contributed by atoms with Crippen molar-refractivity contribution < 1.29 is 14.4 Å². The summed E-state index contributed by atoms with van der Waals surface area (Å²) in [4.78, 5) is 10.1. The molecule has 0 aliphatic rings. The summed E-state index contributed by atoms with van der Waals surface area (Å²) < 4.78 is 13.5. The Balaban J connectivity index is 2.20. The number of hydrogen-bond donors (Lipinski definition) is 2. The van der Waals surface area contributed by atoms with E-state index in [0.29, 0.717) is 5.56 Å². The fraction of sp³-hybridized carbons (Fsp3) is 0.231. The van der Waals surface area contributed by atoms with Gasteiger partial charge in [0.25, 0.3) is 0 Å². The highest BCUT2D eigenvalue weighted by Gasteiger charge is 2.26. The second kappa shape index (κ2) is 5.56. The summed E-state index contributed by atoms with van der Waals surface area (Å²) in [5, 5.41) is 27.5. The van der Waals surface area contributed by atoms with Crippen LogP contribution in [0.5, 0.6) is 0 Å². The van der Waals surface area contributed by atoms with Crippen LogP contribution >= 0.6 is 11.3 Å². The van der Waals surface area contributed by atoms with Gasteiger partial charge in [-0.05, 0) is 41.4 Å². The summed E-state index contributed by atoms with van der Waals surface area (Å²) in [6, 6.07) is 5.58. The van der Waals surface area contributed by atoms with Crippen molar-refractivity contribution in [3.63, 3.8) is 0 Å². The summed E-state index contributed by atoms with van der Waals surface area (Å²) in [7, 11) is 0. The van der Waals surface area contributed by atoms with Crippen molar-refractivity contribution in [2.75, 3.05) is 11.9 Å². The lowest BCUT2D eigenvalue weighted by molar-refractivity contribution is -0.386. The highest BCUT2D eigenvalue weighted by Crippen LogP contribution is 2.29. The first-order valence-corrected chi connectivity index (χ1v) is 6.78. The lowest BCUT2D eigenvalue weighted by Gasteiger charge is -2.23. The molecule has 0 aliphatic heterocycles. The molecule has 0 bridgehead atoms. The van der Waals surface area contributed by atoms with Crippen molar-refractivity contribution in [3.05, 3.63) is 56.5 Å². The molecule has 0 fully saturated rings. The number of aliphatic hydroxyl groups is 1. The van der Waals surface area contributed by atoms with Gasteiger partial charge in [0.1, 0.15) is 11.3 Å². The first kappa shape index (κ1) is 14.4. The SMILES string of the molecule is CC(O)(CNc1cccc(F)c1[N+](=O)[O-])c1ccsc1. The molecule has 106 valence electrons. The smallest absolute Gasteiger partial charge is 0.327 e. The monoisotopic (exact) mass is 296 g/mol. The Hall–Kier alpha value is -1.99. The van der Waals surface area contributed by atoms with Crippen molar-refractivity contribution in [1.29, 1.82) is 0 Å². The van der Waals surface area contributed by atoms with Gasteiger partial charge >= 0.3 is 5.69 Å². The van der Waals surface area contributed by atoms with E-state index in [0.717, 1.165) is 6.07 Å². The molecule has 0 saturated heterocycles. The van der Waals surface area contributed by atoms with Crippen LogP contribution in [0.4, 0.5) is 15.8 Å². The quantitative estimate of drug-likeness (QED) is 0.656. The van der Waals surface area contributed by atoms with Gasteiger partial charge in [-0.25, -0.2) is 0 Å². The van der Waals surface area contributed by atoms with Gasteiger partial charge in [-0.3, -0.25) is 10.1 Å². The van der Waals surface area contributed by atoms with Gasteiger partial charge < -0.3 is 10.4 Å². The Morgan fingerprint density at radius 1 is 1.50 bits per heavy atom. The predicted molar refractivity (Wildman–Crippen MR) is 75.4 cm³/mol. The number of benzene rings is 1. The van der Waals surface area contributed by atoms with E-state index < -0.39 is 22.0 Å². The molecule has 0 radical (unpaired) electrons. The molecule has 20 heavy (non-hydrogen) atoms. The van der Waals surface area contributed by atoms with Gasteiger partial charge in [0.05, 0.1) is 4.92 Å². The molecule has 1 unspecified atom stereocenters. The Kier molecular flexibility index (Phi) is 4.01. The molecule has 1 heterocycles. The minimum Gasteiger partial charge on any atom is -0.384 e. The maximum Gasteiger partial charge on any atom is 0.327 e. The molecule has 1 atom stereocenters. The van der Waals surface area contributed by atoms with Crippen LogP contribution in [-0.2, 0) is 5.60 Å². The Morgan fingerprint density at radius 3 is 2.85 bits per heavy atom. The Morgan fingerprint density at radius 2 is 2.25 bits per heavy atom. The molecule has 2 N–H and O–H groups in total. The molecule has 1 aromatic carbocycles. The topological polar surface area (TPSA) is 75.4 Å². The molecule has 5 nitrogen and oxygen atoms in total. The molecular formula is C13H13FN2O3S. The molecule has 2 rings (SSSR count). The summed E-state index contributed by atoms with van der Waals surface area (Å²) >= 11 is 1.44. The molecule has 0 amide bonds. The number of halogens is 1. The molecule has 2 aromatic rings. The van der Waals surface area contributed by atoms with Gasteiger partial charge in [-0.2, -0.15) is 15.7 Å². The highest BCUT2D eigenvalue weighted by molar-refractivity contribution is 7.08. The van der Waals surface area contributed by atoms with Gasteiger partial charge in [0, 0.05) is 6.54 Å². The van der Waals surface area contributed by atoms with Crippen LogP contribution in [0.2, 0.25) is 0 Å². The fourth-order valence-electron chi connectivity index (χ4n) is 1.78. The maximum atomic E-state index is 13.5. The standard InChI is InChI=1S/C13H13FN2O3S/c1-13(17,9-5-6-20-7-9)8-15-11-4-2-3-10(14)12(11)16(18)19/h2-7,15,17H,8H2,1H3. The second-order valence-electron chi connectivity index (χ2n) is 4.53. The minimum absolute atomic E-state index is 0.0357. The average molecular weight is 296 g/mol. The minimum atomic E-state index is -1.19. The first-order valence-electron chi connectivity index (χ1n) is 5.83. The Labute approximate surface area is 118 Å². The van der Waals surface area contributed by atoms with Crippen LogP contribution in [0.15, 0.2) is 35.0 Å². The van der Waals surface area contributed by atoms with Gasteiger partial charge in [-0.1, -0.05) is 6.07 Å². The van der Waals surface area contributed by atoms with E-state index in [1.54, 1.807) is 18.4 Å². The number of nitro benzene ring substituents is 1. The number of hydrogen-bond acceptors (Lipinski definition) is 5. The van der Waals surface area contributed by atoms with Gasteiger partial charge in [-0.15, -0.1) is 0 Å². The number of nitrogens with zero attached hydrogens (tertiary/aromatic N) is 1. The van der Waals surface area contributed by atoms with Crippen LogP contribution in [-0.4, -0.2) is 16.6 Å². The molecule has 7 heteroatoms. The molecule has 1 aromatic heterocycles. The number of nitro groups is 1. The Bertz CT molecular complexity index is 614. The fourth-order valence-corrected chi connectivity index (χ4v) is 2.57. The summed E-state index contributed by atoms with van der Waals surface area (Å²) in [6.07, 6.45) is 0. The van der Waals surface area contributed by atoms with E-state index in [4.69, 9.17) is 0 Å². The average Bonchev–Trinajstić information content (AvgIpc) is 2.90. The number of thiophene rings is 1. The lowest BCUT2D eigenvalue weighted by Crippen LogP contribution is -2.30. The number of anilines is 1. The molecule has 0 saturated carbocycles. The highest BCUT2D eigenvalue weighted by atomic mass is 32.1. The van der Waals surface area contributed by atoms with E-state index in [9.17, 15) is 19.6 Å². The van der Waals surface area contributed by atoms with E-state index >= 15 is 0 Å². The third-order valence-electron chi connectivity index (χ3n) is 2.94. The van der Waals surface area contributed by atoms with Gasteiger partial charge in [0.15, 0.2) is 0 Å². The molecule has 0 spiro atoms. The predicted octanol–water partition coefficient (Wildman–Crippen LogP) is 3.12. The van der Waals surface area contributed by atoms with E-state index in [1.807, 2.05) is 5.38 Å². The first-order chi connectivity index (χ1) is 9.42. The molecule has 0 aliphatic carbocycles. The third kappa shape index (κ3) is 2.94. The third-order valence-corrected chi connectivity index (χ3v) is 3.62. The van der Waals surface area contributed by atoms with Crippen LogP contribution in [0.1, 0.15) is 12.5 Å². The summed E-state index contributed by atoms with van der Waals surface area (Å²) in [5.41, 5.74) is -1.06. The molecular weight excluding hydrogens is 283 g/mol.